The molecule has 1 saturated heterocycles. The molecular weight excluding hydrogens is 531 g/mol. The molecule has 32 heavy (non-hydrogen) atoms. The van der Waals surface area contributed by atoms with E-state index < -0.39 is 71.6 Å². The number of phosphoric acid groups is 3. The van der Waals surface area contributed by atoms with Crippen molar-refractivity contribution in [3.8, 4) is 5.75 Å². The van der Waals surface area contributed by atoms with Crippen LogP contribution < -0.4 is 84.7 Å². The molecule has 0 radical (unpaired) electrons. The van der Waals surface area contributed by atoms with Gasteiger partial charge in [0, 0.05) is 0 Å². The normalized spacial score (nSPS) is 28.3. The number of nitrogens with one attached hydrogen (secondary N) is 1. The Labute approximate surface area is 221 Å². The van der Waals surface area contributed by atoms with Gasteiger partial charge in [-0.3, -0.25) is 23.5 Å². The summed E-state index contributed by atoms with van der Waals surface area (Å²) in [6, 6.07) is 0. The minimum Gasteiger partial charge on any atom is -0.756 e. The van der Waals surface area contributed by atoms with Crippen LogP contribution in [0.15, 0.2) is 15.8 Å². The van der Waals surface area contributed by atoms with E-state index in [2.05, 4.69) is 13.1 Å². The summed E-state index contributed by atoms with van der Waals surface area (Å²) in [7, 11) is -18.0. The molecule has 1 aromatic rings. The van der Waals surface area contributed by atoms with Crippen molar-refractivity contribution in [3.05, 3.63) is 27.0 Å². The van der Waals surface area contributed by atoms with Gasteiger partial charge in [-0.25, -0.2) is 18.0 Å². The summed E-state index contributed by atoms with van der Waals surface area (Å²) in [6.45, 7) is -0.778. The molecule has 1 fully saturated rings. The first-order valence-corrected chi connectivity index (χ1v) is 11.8. The van der Waals surface area contributed by atoms with Crippen LogP contribution in [-0.4, -0.2) is 59.6 Å². The van der Waals surface area contributed by atoms with Gasteiger partial charge in [0.15, 0.2) is 6.23 Å². The largest absolute Gasteiger partial charge is 1.00 e. The molecule has 18 nitrogen and oxygen atoms in total. The first-order chi connectivity index (χ1) is 13.6. The van der Waals surface area contributed by atoms with E-state index in [0.717, 1.165) is 0 Å². The second kappa shape index (κ2) is 12.1. The predicted molar refractivity (Wildman–Crippen MR) is 84.4 cm³/mol. The monoisotopic (exact) mass is 544 g/mol. The number of H-pyrrole nitrogens is 1. The second-order valence-electron chi connectivity index (χ2n) is 5.53. The van der Waals surface area contributed by atoms with Gasteiger partial charge in [0.1, 0.15) is 18.3 Å². The number of aliphatic hydroxyl groups excluding tert-OH is 3. The number of aromatic nitrogens is 2. The summed E-state index contributed by atoms with van der Waals surface area (Å²) in [5.41, 5.74) is -2.81. The van der Waals surface area contributed by atoms with Crippen LogP contribution in [-0.2, 0) is 27.1 Å². The van der Waals surface area contributed by atoms with Gasteiger partial charge in [-0.05, 0) is 0 Å². The average molecular weight is 544 g/mol. The van der Waals surface area contributed by atoms with Gasteiger partial charge in [0.25, 0.3) is 13.4 Å². The molecule has 2 rings (SSSR count). The summed E-state index contributed by atoms with van der Waals surface area (Å²) < 4.78 is 49.5. The van der Waals surface area contributed by atoms with E-state index in [-0.39, 0.29) is 59.1 Å². The van der Waals surface area contributed by atoms with Crippen LogP contribution in [0, 0.1) is 0 Å². The van der Waals surface area contributed by atoms with Gasteiger partial charge in [-0.1, -0.05) is 0 Å². The maximum absolute atomic E-state index is 11.9. The number of ether oxygens (including phenoxy) is 1. The van der Waals surface area contributed by atoms with E-state index in [9.17, 15) is 43.3 Å². The molecule has 0 bridgehead atoms. The zero-order valence-electron chi connectivity index (χ0n) is 16.1. The molecule has 0 saturated carbocycles. The fourth-order valence-corrected chi connectivity index (χ4v) is 5.19. The molecule has 0 aliphatic carbocycles. The second-order valence-corrected chi connectivity index (χ2v) is 9.79. The quantitative estimate of drug-likeness (QED) is 0.131. The van der Waals surface area contributed by atoms with Gasteiger partial charge in [0.2, 0.25) is 5.75 Å². The van der Waals surface area contributed by atoms with Crippen molar-refractivity contribution in [2.75, 3.05) is 6.61 Å². The molecule has 0 amide bonds. The predicted octanol–water partition coefficient (Wildman–Crippen LogP) is -10.4. The third-order valence-electron chi connectivity index (χ3n) is 3.35. The van der Waals surface area contributed by atoms with Gasteiger partial charge in [-0.2, -0.15) is 0 Å². The number of nitrogens with zero attached hydrogens (tertiary/aromatic N) is 1. The van der Waals surface area contributed by atoms with E-state index in [1.807, 2.05) is 0 Å². The van der Waals surface area contributed by atoms with Crippen LogP contribution in [0.25, 0.3) is 0 Å². The topological polar surface area (TPSA) is 290 Å². The minimum absolute atomic E-state index is 0. The van der Waals surface area contributed by atoms with Crippen LogP contribution in [0.2, 0.25) is 0 Å². The van der Waals surface area contributed by atoms with Crippen LogP contribution in [0.3, 0.4) is 0 Å². The molecule has 0 spiro atoms. The summed E-state index contributed by atoms with van der Waals surface area (Å²) in [5, 5.41) is 28.7. The molecule has 172 valence electrons. The maximum Gasteiger partial charge on any atom is 1.00 e. The number of aliphatic hydroxyl groups is 3. The van der Waals surface area contributed by atoms with E-state index in [1.165, 1.54) is 0 Å². The molecular formula is C9H13N2Na2O16P3. The molecule has 3 unspecified atom stereocenters. The minimum atomic E-state index is -6.05. The van der Waals surface area contributed by atoms with E-state index >= 15 is 0 Å². The molecule has 6 N–H and O–H groups in total. The van der Waals surface area contributed by atoms with Crippen molar-refractivity contribution in [2.24, 2.45) is 0 Å². The van der Waals surface area contributed by atoms with Crippen LogP contribution in [0.1, 0.15) is 6.23 Å². The van der Waals surface area contributed by atoms with Crippen LogP contribution in [0.5, 0.6) is 5.75 Å². The van der Waals surface area contributed by atoms with Gasteiger partial charge in [0.05, 0.1) is 12.8 Å². The molecule has 1 aromatic heterocycles. The van der Waals surface area contributed by atoms with Crippen LogP contribution in [0.4, 0.5) is 0 Å². The smallest absolute Gasteiger partial charge is 0.756 e. The zero-order valence-corrected chi connectivity index (χ0v) is 22.8. The van der Waals surface area contributed by atoms with Gasteiger partial charge < -0.3 is 44.2 Å². The molecule has 23 heteroatoms. The number of rotatable bonds is 8. The average Bonchev–Trinajstić information content (AvgIpc) is 2.81. The third kappa shape index (κ3) is 8.77. The Bertz CT molecular complexity index is 1050. The van der Waals surface area contributed by atoms with E-state index in [1.54, 1.807) is 4.98 Å². The molecule has 1 aliphatic heterocycles. The van der Waals surface area contributed by atoms with Crippen molar-refractivity contribution in [3.63, 3.8) is 0 Å². The van der Waals surface area contributed by atoms with Gasteiger partial charge in [-0.15, -0.1) is 0 Å². The summed E-state index contributed by atoms with van der Waals surface area (Å²) >= 11 is 0. The number of aromatic amines is 1. The Morgan fingerprint density at radius 1 is 1.09 bits per heavy atom. The molecule has 2 heterocycles. The van der Waals surface area contributed by atoms with Crippen molar-refractivity contribution in [2.45, 2.75) is 24.5 Å². The zero-order chi connectivity index (χ0) is 23.1. The summed E-state index contributed by atoms with van der Waals surface area (Å²) in [6.07, 6.45) is -6.22. The molecule has 0 aromatic carbocycles. The Kier molecular flexibility index (Phi) is 12.4. The summed E-state index contributed by atoms with van der Waals surface area (Å²) in [4.78, 5) is 64.7. The van der Waals surface area contributed by atoms with E-state index in [0.29, 0.717) is 10.8 Å². The van der Waals surface area contributed by atoms with Crippen molar-refractivity contribution in [1.29, 1.82) is 0 Å². The standard InChI is InChI=1S/C9H15N2O16P3.2Na/c12-2-4-5(13)6(14)8(24-4)11-1-3(7(15)10-9(11)16)25-29(20,21)27-30(22,23)26-28(17,18)19;;/h1,4-6,8,12-14H,2H2,(H,20,21)(H,22,23)(H,10,15,16)(H2,17,18,19);;/q;2*+1/p-2/t4-,5-,6-,8-;;/m1../s1. The first-order valence-electron chi connectivity index (χ1n) is 7.33. The SMILES string of the molecule is O=c1[nH]c(=O)n([C@@H]2O[C@H](CO)[C@@H](O)[C@H]2O)cc1OP(=O)([O-])OP(=O)(O)OP(=O)([O-])O.[Na+].[Na+]. The van der Waals surface area contributed by atoms with Crippen LogP contribution >= 0.6 is 23.5 Å². The first kappa shape index (κ1) is 32.8. The Hall–Kier alpha value is 0.770. The third-order valence-corrected chi connectivity index (χ3v) is 7.04. The summed E-state index contributed by atoms with van der Waals surface area (Å²) in [5.74, 6) is -1.29. The molecule has 1 aliphatic rings. The fourth-order valence-electron chi connectivity index (χ4n) is 2.24. The number of hydrogen-bond acceptors (Lipinski definition) is 14. The van der Waals surface area contributed by atoms with E-state index in [4.69, 9.17) is 19.6 Å². The Morgan fingerprint density at radius 2 is 1.66 bits per heavy atom. The van der Waals surface area contributed by atoms with Gasteiger partial charge >= 0.3 is 80.4 Å². The van der Waals surface area contributed by atoms with Crippen molar-refractivity contribution >= 4 is 23.5 Å². The van der Waals surface area contributed by atoms with Crippen molar-refractivity contribution < 1.29 is 126 Å². The Morgan fingerprint density at radius 3 is 2.12 bits per heavy atom. The fraction of sp³-hybridized carbons (Fsp3) is 0.556. The molecule has 7 atom stereocenters. The van der Waals surface area contributed by atoms with Crippen molar-refractivity contribution in [1.82, 2.24) is 9.55 Å². The number of hydrogen-bond donors (Lipinski definition) is 6. The Balaban J connectivity index is 0.00000480. The number of phosphoric ester groups is 1. The maximum atomic E-state index is 11.9.